The van der Waals surface area contributed by atoms with Gasteiger partial charge in [-0.3, -0.25) is 4.79 Å². The van der Waals surface area contributed by atoms with Gasteiger partial charge in [-0.15, -0.1) is 5.10 Å². The summed E-state index contributed by atoms with van der Waals surface area (Å²) in [6, 6.07) is 4.11. The molecule has 2 aromatic rings. The number of benzene rings is 1. The molecule has 110 valence electrons. The summed E-state index contributed by atoms with van der Waals surface area (Å²) >= 11 is 0. The Hall–Kier alpha value is -2.97. The lowest BCUT2D eigenvalue weighted by Crippen LogP contribution is -2.18. The number of hydrogen-bond donors (Lipinski definition) is 3. The Bertz CT molecular complexity index is 685. The van der Waals surface area contributed by atoms with Crippen molar-refractivity contribution < 1.29 is 19.1 Å². The van der Waals surface area contributed by atoms with E-state index in [9.17, 15) is 14.0 Å². The van der Waals surface area contributed by atoms with Gasteiger partial charge in [0.15, 0.2) is 5.69 Å². The lowest BCUT2D eigenvalue weighted by Gasteiger charge is -2.10. The molecule has 1 amide bonds. The van der Waals surface area contributed by atoms with Crippen molar-refractivity contribution in [1.29, 1.82) is 0 Å². The van der Waals surface area contributed by atoms with Crippen molar-refractivity contribution in [2.45, 2.75) is 6.54 Å². The van der Waals surface area contributed by atoms with E-state index in [1.165, 1.54) is 23.0 Å². The molecule has 1 aromatic carbocycles. The second kappa shape index (κ2) is 5.99. The number of aromatic carboxylic acids is 1. The van der Waals surface area contributed by atoms with E-state index in [1.54, 1.807) is 0 Å². The number of nitrogens with zero attached hydrogens (tertiary/aromatic N) is 3. The normalized spacial score (nSPS) is 10.3. The standard InChI is InChI=1S/C12H12FN5O3/c13-7-2-1-3-8(10(7)11(14)19)15-4-5-18-6-9(12(20)21)16-17-18/h1-3,6,15H,4-5H2,(H2,14,19)(H,20,21). The molecule has 0 radical (unpaired) electrons. The van der Waals surface area contributed by atoms with Crippen molar-refractivity contribution in [3.05, 3.63) is 41.5 Å². The van der Waals surface area contributed by atoms with Gasteiger partial charge >= 0.3 is 5.97 Å². The number of rotatable bonds is 6. The van der Waals surface area contributed by atoms with Gasteiger partial charge in [0.2, 0.25) is 0 Å². The van der Waals surface area contributed by atoms with E-state index in [0.29, 0.717) is 0 Å². The summed E-state index contributed by atoms with van der Waals surface area (Å²) in [5.74, 6) is -2.75. The van der Waals surface area contributed by atoms with Crippen LogP contribution in [0.2, 0.25) is 0 Å². The average molecular weight is 293 g/mol. The molecule has 0 saturated heterocycles. The van der Waals surface area contributed by atoms with Crippen LogP contribution in [0.5, 0.6) is 0 Å². The third-order valence-corrected chi connectivity index (χ3v) is 2.67. The fraction of sp³-hybridized carbons (Fsp3) is 0.167. The molecule has 0 fully saturated rings. The first kappa shape index (κ1) is 14.4. The summed E-state index contributed by atoms with van der Waals surface area (Å²) < 4.78 is 14.8. The second-order valence-electron chi connectivity index (χ2n) is 4.13. The van der Waals surface area contributed by atoms with Crippen molar-refractivity contribution in [2.75, 3.05) is 11.9 Å². The van der Waals surface area contributed by atoms with Crippen LogP contribution in [-0.4, -0.2) is 38.5 Å². The molecule has 0 aliphatic rings. The van der Waals surface area contributed by atoms with E-state index in [1.807, 2.05) is 0 Å². The third-order valence-electron chi connectivity index (χ3n) is 2.67. The van der Waals surface area contributed by atoms with E-state index >= 15 is 0 Å². The Morgan fingerprint density at radius 2 is 2.19 bits per heavy atom. The SMILES string of the molecule is NC(=O)c1c(F)cccc1NCCn1cc(C(=O)O)nn1. The molecule has 1 heterocycles. The highest BCUT2D eigenvalue weighted by Crippen LogP contribution is 2.18. The topological polar surface area (TPSA) is 123 Å². The lowest BCUT2D eigenvalue weighted by atomic mass is 10.1. The molecule has 9 heteroatoms. The quantitative estimate of drug-likeness (QED) is 0.705. The van der Waals surface area contributed by atoms with Gasteiger partial charge in [0.05, 0.1) is 18.3 Å². The molecule has 0 aliphatic carbocycles. The van der Waals surface area contributed by atoms with Crippen LogP contribution in [-0.2, 0) is 6.54 Å². The van der Waals surface area contributed by atoms with Gasteiger partial charge < -0.3 is 16.2 Å². The van der Waals surface area contributed by atoms with Crippen LogP contribution in [0.4, 0.5) is 10.1 Å². The molecule has 1 aromatic heterocycles. The van der Waals surface area contributed by atoms with Crippen LogP contribution in [0.15, 0.2) is 24.4 Å². The number of carboxylic acids is 1. The number of nitrogens with one attached hydrogen (secondary N) is 1. The molecule has 8 nitrogen and oxygen atoms in total. The highest BCUT2D eigenvalue weighted by atomic mass is 19.1. The molecule has 0 bridgehead atoms. The maximum absolute atomic E-state index is 13.5. The zero-order valence-electron chi connectivity index (χ0n) is 10.8. The maximum atomic E-state index is 13.5. The number of primary amides is 1. The number of nitrogens with two attached hydrogens (primary N) is 1. The molecule has 21 heavy (non-hydrogen) atoms. The monoisotopic (exact) mass is 293 g/mol. The molecule has 4 N–H and O–H groups in total. The van der Waals surface area contributed by atoms with Gasteiger partial charge in [0, 0.05) is 12.2 Å². The Labute approximate surface area is 118 Å². The molecule has 0 spiro atoms. The number of hydrogen-bond acceptors (Lipinski definition) is 5. The highest BCUT2D eigenvalue weighted by Gasteiger charge is 2.13. The predicted octanol–water partition coefficient (Wildman–Crippen LogP) is 0.326. The lowest BCUT2D eigenvalue weighted by molar-refractivity contribution is 0.0690. The molecular weight excluding hydrogens is 281 g/mol. The average Bonchev–Trinajstić information content (AvgIpc) is 2.87. The van der Waals surface area contributed by atoms with Crippen molar-refractivity contribution in [2.24, 2.45) is 5.73 Å². The predicted molar refractivity (Wildman–Crippen MR) is 70.4 cm³/mol. The molecule has 0 saturated carbocycles. The minimum atomic E-state index is -1.17. The summed E-state index contributed by atoms with van der Waals surface area (Å²) in [4.78, 5) is 21.8. The first-order valence-corrected chi connectivity index (χ1v) is 5.94. The first-order chi connectivity index (χ1) is 9.99. The van der Waals surface area contributed by atoms with Crippen molar-refractivity contribution in [1.82, 2.24) is 15.0 Å². The van der Waals surface area contributed by atoms with Crippen molar-refractivity contribution in [3.63, 3.8) is 0 Å². The van der Waals surface area contributed by atoms with Gasteiger partial charge in [-0.05, 0) is 12.1 Å². The number of carbonyl (C=O) groups excluding carboxylic acids is 1. The zero-order valence-corrected chi connectivity index (χ0v) is 10.8. The number of carbonyl (C=O) groups is 2. The Morgan fingerprint density at radius 1 is 1.43 bits per heavy atom. The number of aromatic nitrogens is 3. The summed E-state index contributed by atoms with van der Waals surface area (Å²) in [5, 5.41) is 18.6. The zero-order chi connectivity index (χ0) is 15.4. The fourth-order valence-corrected chi connectivity index (χ4v) is 1.73. The molecular formula is C12H12FN5O3. The van der Waals surface area contributed by atoms with Crippen LogP contribution in [0.25, 0.3) is 0 Å². The number of halogens is 1. The third kappa shape index (κ3) is 3.32. The smallest absolute Gasteiger partial charge is 0.358 e. The van der Waals surface area contributed by atoms with E-state index < -0.39 is 17.7 Å². The van der Waals surface area contributed by atoms with Crippen LogP contribution >= 0.6 is 0 Å². The fourth-order valence-electron chi connectivity index (χ4n) is 1.73. The largest absolute Gasteiger partial charge is 0.476 e. The summed E-state index contributed by atoms with van der Waals surface area (Å²) in [6.45, 7) is 0.571. The van der Waals surface area contributed by atoms with Crippen molar-refractivity contribution >= 4 is 17.6 Å². The van der Waals surface area contributed by atoms with Crippen LogP contribution in [0, 0.1) is 5.82 Å². The minimum Gasteiger partial charge on any atom is -0.476 e. The minimum absolute atomic E-state index is 0.168. The highest BCUT2D eigenvalue weighted by molar-refractivity contribution is 5.98. The Morgan fingerprint density at radius 3 is 2.81 bits per heavy atom. The summed E-state index contributed by atoms with van der Waals surface area (Å²) in [5.41, 5.74) is 5.00. The maximum Gasteiger partial charge on any atom is 0.358 e. The molecule has 0 unspecified atom stereocenters. The van der Waals surface area contributed by atoms with Gasteiger partial charge in [0.1, 0.15) is 5.82 Å². The van der Waals surface area contributed by atoms with Gasteiger partial charge in [-0.2, -0.15) is 0 Å². The van der Waals surface area contributed by atoms with Crippen LogP contribution in [0.3, 0.4) is 0 Å². The number of amides is 1. The molecule has 0 atom stereocenters. The Kier molecular flexibility index (Phi) is 4.12. The van der Waals surface area contributed by atoms with Crippen molar-refractivity contribution in [3.8, 4) is 0 Å². The van der Waals surface area contributed by atoms with E-state index in [0.717, 1.165) is 6.07 Å². The molecule has 0 aliphatic heterocycles. The Balaban J connectivity index is 2.02. The van der Waals surface area contributed by atoms with E-state index in [4.69, 9.17) is 10.8 Å². The summed E-state index contributed by atoms with van der Waals surface area (Å²) in [7, 11) is 0. The molecule has 2 rings (SSSR count). The first-order valence-electron chi connectivity index (χ1n) is 5.94. The van der Waals surface area contributed by atoms with Gasteiger partial charge in [-0.1, -0.05) is 11.3 Å². The number of anilines is 1. The van der Waals surface area contributed by atoms with E-state index in [-0.39, 0.29) is 30.0 Å². The summed E-state index contributed by atoms with van der Waals surface area (Å²) in [6.07, 6.45) is 1.27. The number of carboxylic acid groups (broad SMARTS) is 1. The van der Waals surface area contributed by atoms with Gasteiger partial charge in [0.25, 0.3) is 5.91 Å². The van der Waals surface area contributed by atoms with Crippen LogP contribution < -0.4 is 11.1 Å². The van der Waals surface area contributed by atoms with Crippen LogP contribution in [0.1, 0.15) is 20.8 Å². The van der Waals surface area contributed by atoms with E-state index in [2.05, 4.69) is 15.6 Å². The second-order valence-corrected chi connectivity index (χ2v) is 4.13. The van der Waals surface area contributed by atoms with Gasteiger partial charge in [-0.25, -0.2) is 13.9 Å².